The highest BCUT2D eigenvalue weighted by molar-refractivity contribution is 5.80. The van der Waals surface area contributed by atoms with E-state index < -0.39 is 5.91 Å². The van der Waals surface area contributed by atoms with Gasteiger partial charge in [-0.25, -0.2) is 0 Å². The quantitative estimate of drug-likeness (QED) is 0.527. The summed E-state index contributed by atoms with van der Waals surface area (Å²) >= 11 is 0. The lowest BCUT2D eigenvalue weighted by atomic mass is 9.89. The van der Waals surface area contributed by atoms with Crippen LogP contribution in [-0.4, -0.2) is 50.1 Å². The van der Waals surface area contributed by atoms with Gasteiger partial charge in [-0.3, -0.25) is 14.4 Å². The Morgan fingerprint density at radius 2 is 1.70 bits per heavy atom. The number of hydrogen-bond acceptors (Lipinski definition) is 5. The number of carbonyl (C=O) groups excluding carboxylic acids is 3. The summed E-state index contributed by atoms with van der Waals surface area (Å²) < 4.78 is 10.2. The average molecular weight is 391 g/mol. The van der Waals surface area contributed by atoms with Gasteiger partial charge in [0, 0.05) is 27.7 Å². The molecule has 0 bridgehead atoms. The SMILES string of the molecule is CC(C)C(=O)CCOCCNC(=O)C1CCCCC1.CC(C)OCC(N)=O.[HH].[HH]. The van der Waals surface area contributed by atoms with Crippen LogP contribution in [0.3, 0.4) is 0 Å². The highest BCUT2D eigenvalue weighted by Gasteiger charge is 2.20. The molecule has 1 rings (SSSR count). The van der Waals surface area contributed by atoms with Gasteiger partial charge in [0.2, 0.25) is 11.8 Å². The van der Waals surface area contributed by atoms with Crippen LogP contribution >= 0.6 is 0 Å². The van der Waals surface area contributed by atoms with Crippen molar-refractivity contribution in [3.05, 3.63) is 0 Å². The van der Waals surface area contributed by atoms with Crippen LogP contribution in [0.4, 0.5) is 0 Å². The Morgan fingerprint density at radius 3 is 2.19 bits per heavy atom. The summed E-state index contributed by atoms with van der Waals surface area (Å²) in [6, 6.07) is 0. The van der Waals surface area contributed by atoms with Gasteiger partial charge in [0.15, 0.2) is 0 Å². The zero-order valence-corrected chi connectivity index (χ0v) is 17.4. The van der Waals surface area contributed by atoms with E-state index in [0.29, 0.717) is 26.2 Å². The Balaban J connectivity index is -0.000000581. The van der Waals surface area contributed by atoms with Gasteiger partial charge < -0.3 is 20.5 Å². The van der Waals surface area contributed by atoms with Gasteiger partial charge in [0.05, 0.1) is 19.3 Å². The molecule has 0 spiro atoms. The van der Waals surface area contributed by atoms with E-state index in [-0.39, 0.29) is 39.1 Å². The lowest BCUT2D eigenvalue weighted by molar-refractivity contribution is -0.126. The van der Waals surface area contributed by atoms with Gasteiger partial charge in [-0.1, -0.05) is 33.1 Å². The average Bonchev–Trinajstić information content (AvgIpc) is 2.63. The fraction of sp³-hybridized carbons (Fsp3) is 0.850. The molecule has 0 aromatic carbocycles. The minimum atomic E-state index is -0.418. The van der Waals surface area contributed by atoms with Crippen molar-refractivity contribution in [2.75, 3.05) is 26.4 Å². The normalized spacial score (nSPS) is 14.6. The van der Waals surface area contributed by atoms with E-state index in [2.05, 4.69) is 5.32 Å². The molecule has 7 heteroatoms. The second kappa shape index (κ2) is 15.6. The van der Waals surface area contributed by atoms with E-state index in [4.69, 9.17) is 15.2 Å². The molecular formula is C20H42N2O5. The summed E-state index contributed by atoms with van der Waals surface area (Å²) in [6.45, 7) is 9.01. The number of Topliss-reactive ketones (excluding diaryl/α,β-unsaturated/α-hetero) is 1. The summed E-state index contributed by atoms with van der Waals surface area (Å²) in [4.78, 5) is 33.1. The molecule has 1 saturated carbocycles. The number of ether oxygens (including phenoxy) is 2. The van der Waals surface area contributed by atoms with Crippen LogP contribution in [0.15, 0.2) is 0 Å². The molecule has 0 aromatic rings. The lowest BCUT2D eigenvalue weighted by Gasteiger charge is -2.20. The second-order valence-corrected chi connectivity index (χ2v) is 7.44. The molecule has 27 heavy (non-hydrogen) atoms. The number of hydrogen-bond donors (Lipinski definition) is 2. The molecule has 0 aromatic heterocycles. The highest BCUT2D eigenvalue weighted by Crippen LogP contribution is 2.23. The minimum Gasteiger partial charge on any atom is -0.379 e. The van der Waals surface area contributed by atoms with E-state index in [1.54, 1.807) is 0 Å². The Kier molecular flexibility index (Phi) is 14.7. The zero-order chi connectivity index (χ0) is 20.7. The number of ketones is 1. The third-order valence-corrected chi connectivity index (χ3v) is 4.22. The maximum atomic E-state index is 11.8. The third-order valence-electron chi connectivity index (χ3n) is 4.22. The molecule has 0 aliphatic heterocycles. The molecule has 0 atom stereocenters. The first kappa shape index (κ1) is 25.5. The van der Waals surface area contributed by atoms with Crippen LogP contribution in [-0.2, 0) is 23.9 Å². The van der Waals surface area contributed by atoms with Crippen molar-refractivity contribution in [2.24, 2.45) is 17.6 Å². The molecule has 3 N–H and O–H groups in total. The maximum Gasteiger partial charge on any atom is 0.243 e. The predicted octanol–water partition coefficient (Wildman–Crippen LogP) is 2.70. The molecule has 0 heterocycles. The number of amides is 2. The van der Waals surface area contributed by atoms with Crippen molar-refractivity contribution in [3.63, 3.8) is 0 Å². The molecule has 7 nitrogen and oxygen atoms in total. The van der Waals surface area contributed by atoms with Crippen LogP contribution < -0.4 is 11.1 Å². The minimum absolute atomic E-state index is 0. The zero-order valence-electron chi connectivity index (χ0n) is 17.4. The van der Waals surface area contributed by atoms with Gasteiger partial charge in [0.25, 0.3) is 0 Å². The topological polar surface area (TPSA) is 108 Å². The van der Waals surface area contributed by atoms with Crippen molar-refractivity contribution in [1.82, 2.24) is 5.32 Å². The summed E-state index contributed by atoms with van der Waals surface area (Å²) in [5.74, 6) is 0.261. The molecule has 0 unspecified atom stereocenters. The third kappa shape index (κ3) is 15.3. The summed E-state index contributed by atoms with van der Waals surface area (Å²) in [7, 11) is 0. The fourth-order valence-corrected chi connectivity index (χ4v) is 2.57. The largest absolute Gasteiger partial charge is 0.379 e. The number of nitrogens with one attached hydrogen (secondary N) is 1. The van der Waals surface area contributed by atoms with Crippen molar-refractivity contribution >= 4 is 17.6 Å². The number of rotatable bonds is 11. The standard InChI is InChI=1S/C15H27NO3.C5H11NO2.2H2/c1-12(2)14(17)8-10-19-11-9-16-15(18)13-6-4-3-5-7-13;1-4(2)8-3-5(6)7;;/h12-13H,3-11H2,1-2H3,(H,16,18);4H,3H2,1-2H3,(H2,6,7);2*1H. The number of carbonyl (C=O) groups is 3. The van der Waals surface area contributed by atoms with E-state index in [1.165, 1.54) is 19.3 Å². The van der Waals surface area contributed by atoms with Crippen LogP contribution in [0, 0.1) is 11.8 Å². The Labute approximate surface area is 166 Å². The molecule has 1 aliphatic rings. The highest BCUT2D eigenvalue weighted by atomic mass is 16.5. The number of primary amides is 1. The molecule has 0 radical (unpaired) electrons. The van der Waals surface area contributed by atoms with Crippen LogP contribution in [0.5, 0.6) is 0 Å². The van der Waals surface area contributed by atoms with Gasteiger partial charge >= 0.3 is 0 Å². The Morgan fingerprint density at radius 1 is 1.07 bits per heavy atom. The van der Waals surface area contributed by atoms with Gasteiger partial charge in [-0.15, -0.1) is 0 Å². The molecular weight excluding hydrogens is 348 g/mol. The van der Waals surface area contributed by atoms with Crippen molar-refractivity contribution in [1.29, 1.82) is 0 Å². The van der Waals surface area contributed by atoms with E-state index in [9.17, 15) is 14.4 Å². The summed E-state index contributed by atoms with van der Waals surface area (Å²) in [5.41, 5.74) is 4.78. The van der Waals surface area contributed by atoms with Gasteiger partial charge in [0.1, 0.15) is 12.4 Å². The molecule has 1 fully saturated rings. The van der Waals surface area contributed by atoms with Gasteiger partial charge in [-0.2, -0.15) is 0 Å². The van der Waals surface area contributed by atoms with Crippen molar-refractivity contribution in [3.8, 4) is 0 Å². The molecule has 162 valence electrons. The Bertz CT molecular complexity index is 443. The fourth-order valence-electron chi connectivity index (χ4n) is 2.57. The summed E-state index contributed by atoms with van der Waals surface area (Å²) in [6.07, 6.45) is 6.20. The monoisotopic (exact) mass is 390 g/mol. The first-order valence-electron chi connectivity index (χ1n) is 10.0. The van der Waals surface area contributed by atoms with Crippen molar-refractivity contribution < 1.29 is 26.7 Å². The maximum absolute atomic E-state index is 11.8. The van der Waals surface area contributed by atoms with E-state index in [0.717, 1.165) is 12.8 Å². The predicted molar refractivity (Wildman–Crippen MR) is 109 cm³/mol. The first-order valence-corrected chi connectivity index (χ1v) is 10.0. The van der Waals surface area contributed by atoms with Crippen LogP contribution in [0.2, 0.25) is 0 Å². The van der Waals surface area contributed by atoms with E-state index in [1.807, 2.05) is 27.7 Å². The molecule has 0 saturated heterocycles. The van der Waals surface area contributed by atoms with E-state index >= 15 is 0 Å². The smallest absolute Gasteiger partial charge is 0.243 e. The molecule has 1 aliphatic carbocycles. The Hall–Kier alpha value is -1.47. The van der Waals surface area contributed by atoms with Crippen LogP contribution in [0.25, 0.3) is 0 Å². The first-order chi connectivity index (χ1) is 12.7. The number of nitrogens with two attached hydrogens (primary N) is 1. The van der Waals surface area contributed by atoms with Crippen molar-refractivity contribution in [2.45, 2.75) is 72.3 Å². The van der Waals surface area contributed by atoms with Gasteiger partial charge in [-0.05, 0) is 26.7 Å². The second-order valence-electron chi connectivity index (χ2n) is 7.44. The molecule has 2 amide bonds. The lowest BCUT2D eigenvalue weighted by Crippen LogP contribution is -2.34. The summed E-state index contributed by atoms with van der Waals surface area (Å²) in [5, 5.41) is 2.91. The van der Waals surface area contributed by atoms with Crippen LogP contribution in [0.1, 0.15) is 69.1 Å².